The second-order valence-corrected chi connectivity index (χ2v) is 12.7. The molecule has 3 heterocycles. The Morgan fingerprint density at radius 3 is 2.35 bits per heavy atom. The molecule has 43 heavy (non-hydrogen) atoms. The summed E-state index contributed by atoms with van der Waals surface area (Å²) in [5.74, 6) is -1.63. The predicted molar refractivity (Wildman–Crippen MR) is 152 cm³/mol. The predicted octanol–water partition coefficient (Wildman–Crippen LogP) is 4.41. The molecule has 2 fully saturated rings. The van der Waals surface area contributed by atoms with Crippen molar-refractivity contribution in [3.63, 3.8) is 0 Å². The lowest BCUT2D eigenvalue weighted by Gasteiger charge is -2.66. The molecule has 2 unspecified atom stereocenters. The summed E-state index contributed by atoms with van der Waals surface area (Å²) in [5.41, 5.74) is -2.34. The molecule has 2 aliphatic carbocycles. The number of carbonyl (C=O) groups excluding carboxylic acids is 3. The summed E-state index contributed by atoms with van der Waals surface area (Å²) >= 11 is 0. The van der Waals surface area contributed by atoms with Crippen LogP contribution in [0.1, 0.15) is 72.5 Å². The number of aromatic nitrogens is 1. The van der Waals surface area contributed by atoms with Crippen LogP contribution in [0.4, 0.5) is 0 Å². The average Bonchev–Trinajstić information content (AvgIpc) is 2.94. The van der Waals surface area contributed by atoms with Crippen LogP contribution in [0.25, 0.3) is 11.3 Å². The van der Waals surface area contributed by atoms with E-state index in [1.807, 2.05) is 13.8 Å². The van der Waals surface area contributed by atoms with Gasteiger partial charge in [-0.05, 0) is 49.7 Å². The number of methoxy groups -OCH3 is 1. The normalized spacial score (nSPS) is 34.4. The van der Waals surface area contributed by atoms with Gasteiger partial charge >= 0.3 is 23.5 Å². The summed E-state index contributed by atoms with van der Waals surface area (Å²) < 4.78 is 36.1. The molecule has 2 saturated carbocycles. The molecule has 232 valence electrons. The van der Waals surface area contributed by atoms with E-state index in [1.54, 1.807) is 30.6 Å². The second kappa shape index (κ2) is 11.1. The van der Waals surface area contributed by atoms with Gasteiger partial charge in [-0.15, -0.1) is 0 Å². The van der Waals surface area contributed by atoms with Crippen LogP contribution >= 0.6 is 0 Å². The van der Waals surface area contributed by atoms with Crippen molar-refractivity contribution in [1.29, 1.82) is 0 Å². The molecule has 0 saturated heterocycles. The number of hydrogen-bond donors (Lipinski definition) is 0. The van der Waals surface area contributed by atoms with Gasteiger partial charge in [0.15, 0.2) is 0 Å². The summed E-state index contributed by atoms with van der Waals surface area (Å²) in [4.78, 5) is 54.5. The van der Waals surface area contributed by atoms with E-state index in [0.29, 0.717) is 24.8 Å². The zero-order valence-corrected chi connectivity index (χ0v) is 25.6. The lowest BCUT2D eigenvalue weighted by Crippen LogP contribution is -2.71. The third kappa shape index (κ3) is 5.11. The van der Waals surface area contributed by atoms with Crippen molar-refractivity contribution in [2.24, 2.45) is 22.7 Å². The molecule has 8 atom stereocenters. The van der Waals surface area contributed by atoms with Gasteiger partial charge in [-0.25, -0.2) is 4.79 Å². The van der Waals surface area contributed by atoms with Crippen molar-refractivity contribution < 1.29 is 42.5 Å². The molecular formula is C32H39NO10. The highest BCUT2D eigenvalue weighted by atomic mass is 16.6. The molecular weight excluding hydrogens is 558 g/mol. The highest BCUT2D eigenvalue weighted by Gasteiger charge is 2.71. The summed E-state index contributed by atoms with van der Waals surface area (Å²) in [5, 5.41) is 0. The van der Waals surface area contributed by atoms with E-state index >= 15 is 0 Å². The largest absolute Gasteiger partial charge is 0.482 e. The lowest BCUT2D eigenvalue weighted by atomic mass is 9.42. The van der Waals surface area contributed by atoms with E-state index in [1.165, 1.54) is 27.9 Å². The highest BCUT2D eigenvalue weighted by molar-refractivity contribution is 5.67. The fourth-order valence-electron chi connectivity index (χ4n) is 8.25. The second-order valence-electron chi connectivity index (χ2n) is 12.7. The first-order valence-corrected chi connectivity index (χ1v) is 14.5. The first kappa shape index (κ1) is 30.7. The average molecular weight is 598 g/mol. The molecule has 2 aromatic heterocycles. The van der Waals surface area contributed by atoms with Gasteiger partial charge in [-0.3, -0.25) is 19.4 Å². The van der Waals surface area contributed by atoms with Crippen molar-refractivity contribution in [1.82, 2.24) is 4.98 Å². The van der Waals surface area contributed by atoms with Gasteiger partial charge in [-0.1, -0.05) is 13.8 Å². The van der Waals surface area contributed by atoms with E-state index in [4.69, 9.17) is 28.1 Å². The Labute approximate surface area is 250 Å². The Morgan fingerprint density at radius 2 is 1.74 bits per heavy atom. The third-order valence-electron chi connectivity index (χ3n) is 9.96. The zero-order valence-electron chi connectivity index (χ0n) is 25.6. The molecule has 2 aromatic rings. The van der Waals surface area contributed by atoms with E-state index in [0.717, 1.165) is 0 Å². The minimum atomic E-state index is -1.12. The summed E-state index contributed by atoms with van der Waals surface area (Å²) in [7, 11) is 1.53. The number of pyridine rings is 1. The standard InChI is InChI=1S/C32H39NO10/c1-17(34)39-16-31(5)23-14-25(41-19(3)36)32(6)28(30(23,4)11-10-24(31)40-18(2)35)27(38-7)26-22(43-32)13-21(42-29(26)37)20-9-8-12-33-15-20/h8-9,12-13,15,23-25,27-28H,10-11,14,16H2,1-7H3/t23?,24-,25-,27-,28?,30-,31-,32+/m0/s1. The molecule has 0 amide bonds. The fraction of sp³-hybridized carbons (Fsp3) is 0.594. The van der Waals surface area contributed by atoms with Crippen LogP contribution in [0.15, 0.2) is 39.8 Å². The van der Waals surface area contributed by atoms with Crippen LogP contribution in [0.2, 0.25) is 0 Å². The fourth-order valence-corrected chi connectivity index (χ4v) is 8.25. The Hall–Kier alpha value is -3.73. The number of rotatable bonds is 6. The molecule has 0 radical (unpaired) electrons. The number of carbonyl (C=O) groups is 3. The lowest BCUT2D eigenvalue weighted by molar-refractivity contribution is -0.273. The summed E-state index contributed by atoms with van der Waals surface area (Å²) in [6, 6.07) is 5.17. The van der Waals surface area contributed by atoms with Crippen molar-refractivity contribution in [2.75, 3.05) is 13.7 Å². The van der Waals surface area contributed by atoms with E-state index < -0.39 is 64.2 Å². The molecule has 0 bridgehead atoms. The van der Waals surface area contributed by atoms with Crippen LogP contribution in [0.3, 0.4) is 0 Å². The van der Waals surface area contributed by atoms with Crippen LogP contribution in [0, 0.1) is 22.7 Å². The SMILES string of the molecule is CO[C@H]1c2c(cc(-c3cccnc3)oc2=O)O[C@@]2(C)C1[C@@]1(C)CC[C@H](OC(C)=O)[C@@](C)(COC(C)=O)C1C[C@@H]2OC(C)=O. The Bertz CT molecular complexity index is 1470. The number of fused-ring (bicyclic) bond motifs is 4. The first-order chi connectivity index (χ1) is 20.2. The van der Waals surface area contributed by atoms with E-state index in [2.05, 4.69) is 11.9 Å². The maximum Gasteiger partial charge on any atom is 0.345 e. The molecule has 11 nitrogen and oxygen atoms in total. The van der Waals surface area contributed by atoms with Crippen molar-refractivity contribution in [2.45, 2.75) is 84.7 Å². The maximum atomic E-state index is 13.7. The van der Waals surface area contributed by atoms with Gasteiger partial charge in [0.2, 0.25) is 0 Å². The third-order valence-corrected chi connectivity index (χ3v) is 9.96. The molecule has 0 spiro atoms. The molecule has 0 N–H and O–H groups in total. The molecule has 11 heteroatoms. The number of hydrogen-bond acceptors (Lipinski definition) is 11. The zero-order chi connectivity index (χ0) is 31.3. The highest BCUT2D eigenvalue weighted by Crippen LogP contribution is 2.68. The van der Waals surface area contributed by atoms with Crippen molar-refractivity contribution >= 4 is 17.9 Å². The van der Waals surface area contributed by atoms with Crippen LogP contribution in [-0.4, -0.2) is 54.4 Å². The smallest absolute Gasteiger partial charge is 0.345 e. The van der Waals surface area contributed by atoms with E-state index in [9.17, 15) is 19.2 Å². The Morgan fingerprint density at radius 1 is 1.05 bits per heavy atom. The minimum Gasteiger partial charge on any atom is -0.482 e. The molecule has 1 aliphatic heterocycles. The number of ether oxygens (including phenoxy) is 5. The van der Waals surface area contributed by atoms with Crippen molar-refractivity contribution in [3.05, 3.63) is 46.6 Å². The van der Waals surface area contributed by atoms with Crippen LogP contribution in [-0.2, 0) is 33.3 Å². The molecule has 0 aromatic carbocycles. The number of esters is 3. The van der Waals surface area contributed by atoms with Crippen LogP contribution in [0.5, 0.6) is 5.75 Å². The molecule has 5 rings (SSSR count). The van der Waals surface area contributed by atoms with Gasteiger partial charge < -0.3 is 28.1 Å². The monoisotopic (exact) mass is 597 g/mol. The minimum absolute atomic E-state index is 0.0114. The topological polar surface area (TPSA) is 140 Å². The van der Waals surface area contributed by atoms with E-state index in [-0.39, 0.29) is 29.6 Å². The van der Waals surface area contributed by atoms with Gasteiger partial charge in [0.05, 0.1) is 0 Å². The van der Waals surface area contributed by atoms with Crippen LogP contribution < -0.4 is 10.4 Å². The van der Waals surface area contributed by atoms with Gasteiger partial charge in [0, 0.05) is 63.2 Å². The Kier molecular flexibility index (Phi) is 7.91. The van der Waals surface area contributed by atoms with Gasteiger partial charge in [0.1, 0.15) is 47.6 Å². The summed E-state index contributed by atoms with van der Waals surface area (Å²) in [6.45, 7) is 9.94. The van der Waals surface area contributed by atoms with Gasteiger partial charge in [0.25, 0.3) is 0 Å². The summed E-state index contributed by atoms with van der Waals surface area (Å²) in [6.07, 6.45) is 2.48. The Balaban J connectivity index is 1.69. The maximum absolute atomic E-state index is 13.7. The quantitative estimate of drug-likeness (QED) is 0.345. The van der Waals surface area contributed by atoms with Crippen molar-refractivity contribution in [3.8, 4) is 17.1 Å². The van der Waals surface area contributed by atoms with Gasteiger partial charge in [-0.2, -0.15) is 0 Å². The molecule has 3 aliphatic rings. The number of nitrogens with zero attached hydrogens (tertiary/aromatic N) is 1. The first-order valence-electron chi connectivity index (χ1n) is 14.5.